The minimum absolute atomic E-state index is 0.148. The van der Waals surface area contributed by atoms with E-state index >= 15 is 0 Å². The Bertz CT molecular complexity index is 1500. The average Bonchev–Trinajstić information content (AvgIpc) is 3.69. The molecular weight excluding hydrogens is 512 g/mol. The predicted molar refractivity (Wildman–Crippen MR) is 152 cm³/mol. The predicted octanol–water partition coefficient (Wildman–Crippen LogP) is 7.22. The topological polar surface area (TPSA) is 94.0 Å². The van der Waals surface area contributed by atoms with E-state index in [0.717, 1.165) is 30.4 Å². The number of carbonyl (C=O) groups excluding carboxylic acids is 2. The van der Waals surface area contributed by atoms with Crippen LogP contribution >= 0.6 is 11.3 Å². The van der Waals surface area contributed by atoms with E-state index in [1.165, 1.54) is 12.0 Å². The van der Waals surface area contributed by atoms with Gasteiger partial charge in [-0.25, -0.2) is 9.79 Å². The lowest BCUT2D eigenvalue weighted by Crippen LogP contribution is -2.28. The number of esters is 1. The molecule has 4 aromatic rings. The normalized spacial score (nSPS) is 15.3. The lowest BCUT2D eigenvalue weighted by atomic mass is 9.72. The number of benzene rings is 1. The van der Waals surface area contributed by atoms with Crippen molar-refractivity contribution in [2.24, 2.45) is 16.3 Å². The smallest absolute Gasteiger partial charge is 0.337 e. The number of hydrogen-bond donors (Lipinski definition) is 1. The van der Waals surface area contributed by atoms with E-state index in [1.807, 2.05) is 24.3 Å². The summed E-state index contributed by atoms with van der Waals surface area (Å²) in [5.41, 5.74) is 3.15. The van der Waals surface area contributed by atoms with Gasteiger partial charge in [0, 0.05) is 10.4 Å². The zero-order valence-corrected chi connectivity index (χ0v) is 23.4. The van der Waals surface area contributed by atoms with E-state index < -0.39 is 5.97 Å². The van der Waals surface area contributed by atoms with Crippen molar-refractivity contribution in [3.63, 3.8) is 0 Å². The first-order valence-corrected chi connectivity index (χ1v) is 13.8. The maximum atomic E-state index is 13.4. The molecule has 202 valence electrons. The van der Waals surface area contributed by atoms with Crippen molar-refractivity contribution in [1.29, 1.82) is 0 Å². The first kappa shape index (κ1) is 26.7. The lowest BCUT2D eigenvalue weighted by Gasteiger charge is -2.33. The second-order valence-corrected chi connectivity index (χ2v) is 11.9. The van der Waals surface area contributed by atoms with E-state index in [9.17, 15) is 9.59 Å². The second-order valence-electron chi connectivity index (χ2n) is 10.8. The number of carbonyl (C=O) groups is 2. The second kappa shape index (κ2) is 11.1. The fraction of sp³-hybridized carbons (Fsp3) is 0.323. The number of thiophene rings is 1. The molecule has 1 aliphatic carbocycles. The van der Waals surface area contributed by atoms with Gasteiger partial charge in [-0.1, -0.05) is 32.9 Å². The van der Waals surface area contributed by atoms with Gasteiger partial charge in [-0.2, -0.15) is 0 Å². The Hall–Kier alpha value is -3.91. The number of fused-ring (bicyclic) bond motifs is 1. The van der Waals surface area contributed by atoms with Crippen LogP contribution in [-0.2, 0) is 24.1 Å². The third-order valence-electron chi connectivity index (χ3n) is 7.21. The van der Waals surface area contributed by atoms with Crippen molar-refractivity contribution in [3.8, 4) is 11.3 Å². The summed E-state index contributed by atoms with van der Waals surface area (Å²) in [6, 6.07) is 14.4. The van der Waals surface area contributed by atoms with Crippen molar-refractivity contribution in [2.75, 3.05) is 7.11 Å². The molecule has 0 bridgehead atoms. The van der Waals surface area contributed by atoms with Crippen LogP contribution in [0.3, 0.4) is 0 Å². The molecule has 0 saturated carbocycles. The number of ether oxygens (including phenoxy) is 1. The summed E-state index contributed by atoms with van der Waals surface area (Å²) in [7, 11) is 1.35. The molecule has 1 amide bonds. The Morgan fingerprint density at radius 2 is 2.03 bits per heavy atom. The first-order valence-electron chi connectivity index (χ1n) is 13.0. The molecule has 1 atom stereocenters. The monoisotopic (exact) mass is 544 g/mol. The molecule has 0 saturated heterocycles. The fourth-order valence-electron chi connectivity index (χ4n) is 4.92. The van der Waals surface area contributed by atoms with Crippen LogP contribution in [-0.4, -0.2) is 25.2 Å². The lowest BCUT2D eigenvalue weighted by molar-refractivity contribution is 0.0600. The van der Waals surface area contributed by atoms with Crippen molar-refractivity contribution < 1.29 is 23.2 Å². The van der Waals surface area contributed by atoms with Crippen molar-refractivity contribution in [1.82, 2.24) is 5.32 Å². The van der Waals surface area contributed by atoms with Gasteiger partial charge in [0.25, 0.3) is 5.91 Å². The number of methoxy groups -OCH3 is 1. The molecule has 0 spiro atoms. The van der Waals surface area contributed by atoms with E-state index in [1.54, 1.807) is 48.1 Å². The quantitative estimate of drug-likeness (QED) is 0.196. The van der Waals surface area contributed by atoms with Gasteiger partial charge in [0.15, 0.2) is 0 Å². The van der Waals surface area contributed by atoms with Crippen molar-refractivity contribution in [2.45, 2.75) is 46.6 Å². The van der Waals surface area contributed by atoms with E-state index in [2.05, 4.69) is 26.1 Å². The standard InChI is InChI=1S/C31H32N2O5S/c1-31(2,3)21-10-12-24-26(16-21)39-29(27(24)28(34)32-17-22-9-6-14-37-22)33-18-23-11-13-25(38-23)19-7-5-8-20(15-19)30(35)36-4/h5-9,11,13-15,18,21H,10,12,16-17H2,1-4H3,(H,32,34)/t21-/m1/s1. The number of furan rings is 2. The van der Waals surface area contributed by atoms with Crippen LogP contribution in [0.2, 0.25) is 0 Å². The maximum Gasteiger partial charge on any atom is 0.337 e. The van der Waals surface area contributed by atoms with Gasteiger partial charge in [-0.05, 0) is 72.6 Å². The van der Waals surface area contributed by atoms with E-state index in [-0.39, 0.29) is 11.3 Å². The van der Waals surface area contributed by atoms with Crippen LogP contribution in [0.15, 0.2) is 68.6 Å². The average molecular weight is 545 g/mol. The van der Waals surface area contributed by atoms with Gasteiger partial charge < -0.3 is 18.9 Å². The molecule has 1 N–H and O–H groups in total. The Morgan fingerprint density at radius 1 is 1.18 bits per heavy atom. The molecule has 1 aromatic carbocycles. The molecule has 8 heteroatoms. The highest BCUT2D eigenvalue weighted by atomic mass is 32.1. The molecule has 0 unspecified atom stereocenters. The molecule has 1 aliphatic rings. The van der Waals surface area contributed by atoms with E-state index in [0.29, 0.717) is 45.9 Å². The summed E-state index contributed by atoms with van der Waals surface area (Å²) < 4.78 is 16.2. The summed E-state index contributed by atoms with van der Waals surface area (Å²) in [5.74, 6) is 1.85. The van der Waals surface area contributed by atoms with Crippen LogP contribution in [0.1, 0.15) is 69.9 Å². The summed E-state index contributed by atoms with van der Waals surface area (Å²) >= 11 is 1.59. The van der Waals surface area contributed by atoms with Crippen LogP contribution in [0.5, 0.6) is 0 Å². The van der Waals surface area contributed by atoms with Gasteiger partial charge in [0.2, 0.25) is 0 Å². The molecular formula is C31H32N2O5S. The van der Waals surface area contributed by atoms with Crippen molar-refractivity contribution in [3.05, 3.63) is 87.9 Å². The van der Waals surface area contributed by atoms with Gasteiger partial charge >= 0.3 is 5.97 Å². The van der Waals surface area contributed by atoms with E-state index in [4.69, 9.17) is 18.6 Å². The molecule has 3 heterocycles. The third-order valence-corrected chi connectivity index (χ3v) is 8.37. The molecule has 0 aliphatic heterocycles. The molecule has 0 fully saturated rings. The molecule has 5 rings (SSSR count). The van der Waals surface area contributed by atoms with Gasteiger partial charge in [0.05, 0.1) is 37.3 Å². The summed E-state index contributed by atoms with van der Waals surface area (Å²) in [6.45, 7) is 7.15. The highest BCUT2D eigenvalue weighted by Crippen LogP contribution is 2.45. The highest BCUT2D eigenvalue weighted by Gasteiger charge is 2.33. The largest absolute Gasteiger partial charge is 0.467 e. The molecule has 39 heavy (non-hydrogen) atoms. The molecule has 7 nitrogen and oxygen atoms in total. The number of rotatable bonds is 7. The Kier molecular flexibility index (Phi) is 7.57. The zero-order valence-electron chi connectivity index (χ0n) is 22.6. The molecule has 3 aromatic heterocycles. The Balaban J connectivity index is 1.42. The first-order chi connectivity index (χ1) is 18.7. The highest BCUT2D eigenvalue weighted by molar-refractivity contribution is 7.16. The SMILES string of the molecule is COC(=O)c1cccc(-c2ccc(C=Nc3sc4c(c3C(=O)NCc3ccco3)CC[C@@H](C(C)(C)C)C4)o2)c1. The van der Waals surface area contributed by atoms with Gasteiger partial charge in [-0.15, -0.1) is 11.3 Å². The summed E-state index contributed by atoms with van der Waals surface area (Å²) in [4.78, 5) is 31.3. The maximum absolute atomic E-state index is 13.4. The van der Waals surface area contributed by atoms with Crippen LogP contribution in [0, 0.1) is 11.3 Å². The van der Waals surface area contributed by atoms with Gasteiger partial charge in [-0.3, -0.25) is 4.79 Å². The Morgan fingerprint density at radius 3 is 2.77 bits per heavy atom. The summed E-state index contributed by atoms with van der Waals surface area (Å²) in [5, 5.41) is 3.68. The number of aliphatic imine (C=N–C) groups is 1. The number of nitrogens with zero attached hydrogens (tertiary/aromatic N) is 1. The third kappa shape index (κ3) is 5.91. The van der Waals surface area contributed by atoms with Gasteiger partial charge in [0.1, 0.15) is 22.3 Å². The number of amides is 1. The molecule has 0 radical (unpaired) electrons. The van der Waals surface area contributed by atoms with Crippen LogP contribution in [0.25, 0.3) is 11.3 Å². The number of hydrogen-bond acceptors (Lipinski definition) is 7. The zero-order chi connectivity index (χ0) is 27.6. The Labute approximate surface area is 231 Å². The summed E-state index contributed by atoms with van der Waals surface area (Å²) in [6.07, 6.45) is 6.09. The minimum atomic E-state index is -0.404. The minimum Gasteiger partial charge on any atom is -0.467 e. The van der Waals surface area contributed by atoms with Crippen LogP contribution < -0.4 is 5.32 Å². The fourth-order valence-corrected chi connectivity index (χ4v) is 6.19. The van der Waals surface area contributed by atoms with Crippen LogP contribution in [0.4, 0.5) is 5.00 Å². The van der Waals surface area contributed by atoms with Crippen molar-refractivity contribution >= 4 is 34.4 Å². The number of nitrogens with one attached hydrogen (secondary N) is 1.